The smallest absolute Gasteiger partial charge is 0.172 e. The maximum Gasteiger partial charge on any atom is 0.172 e. The molecule has 2 rings (SSSR count). The number of benzene rings is 2. The van der Waals surface area contributed by atoms with Crippen LogP contribution in [0.25, 0.3) is 0 Å². The number of hydrogen-bond acceptors (Lipinski definition) is 2. The molecular formula is C26H33ClO2Si. The highest BCUT2D eigenvalue weighted by Gasteiger charge is 2.16. The number of halogens is 1. The van der Waals surface area contributed by atoms with Gasteiger partial charge in [0.05, 0.1) is 11.1 Å². The van der Waals surface area contributed by atoms with Gasteiger partial charge in [-0.2, -0.15) is 0 Å². The molecule has 30 heavy (non-hydrogen) atoms. The average Bonchev–Trinajstić information content (AvgIpc) is 2.60. The summed E-state index contributed by atoms with van der Waals surface area (Å²) in [5, 5.41) is 0.584. The molecule has 0 aliphatic rings. The van der Waals surface area contributed by atoms with Gasteiger partial charge < -0.3 is 9.47 Å². The second-order valence-electron chi connectivity index (χ2n) is 8.94. The van der Waals surface area contributed by atoms with Crippen molar-refractivity contribution in [2.75, 3.05) is 0 Å². The molecular weight excluding hydrogens is 408 g/mol. The molecule has 160 valence electrons. The summed E-state index contributed by atoms with van der Waals surface area (Å²) in [4.78, 5) is 0. The molecule has 0 aliphatic heterocycles. The zero-order chi connectivity index (χ0) is 22.5. The van der Waals surface area contributed by atoms with Gasteiger partial charge in [0.15, 0.2) is 11.5 Å². The van der Waals surface area contributed by atoms with Crippen molar-refractivity contribution < 1.29 is 9.47 Å². The highest BCUT2D eigenvalue weighted by Crippen LogP contribution is 2.40. The highest BCUT2D eigenvalue weighted by molar-refractivity contribution is 6.83. The molecule has 0 amide bonds. The molecule has 4 heteroatoms. The molecule has 0 N–H and O–H groups in total. The van der Waals surface area contributed by atoms with Gasteiger partial charge in [-0.3, -0.25) is 0 Å². The number of aryl methyl sites for hydroxylation is 2. The number of allylic oxidation sites excluding steroid dienone is 1. The molecule has 0 bridgehead atoms. The summed E-state index contributed by atoms with van der Waals surface area (Å²) in [6.07, 6.45) is 3.38. The number of ether oxygens (including phenoxy) is 2. The molecule has 0 aliphatic carbocycles. The monoisotopic (exact) mass is 440 g/mol. The molecule has 0 fully saturated rings. The van der Waals surface area contributed by atoms with Gasteiger partial charge in [0.2, 0.25) is 0 Å². The van der Waals surface area contributed by atoms with E-state index in [2.05, 4.69) is 43.8 Å². The van der Waals surface area contributed by atoms with Gasteiger partial charge in [0, 0.05) is 6.42 Å². The Bertz CT molecular complexity index is 975. The van der Waals surface area contributed by atoms with Crippen LogP contribution in [0.15, 0.2) is 36.9 Å². The molecule has 0 atom stereocenters. The number of rotatable bonds is 7. The Morgan fingerprint density at radius 1 is 1.07 bits per heavy atom. The first-order valence-electron chi connectivity index (χ1n) is 10.4. The lowest BCUT2D eigenvalue weighted by Crippen LogP contribution is -2.16. The van der Waals surface area contributed by atoms with Crippen molar-refractivity contribution in [3.8, 4) is 28.7 Å². The second-order valence-corrected chi connectivity index (χ2v) is 14.1. The molecule has 0 saturated carbocycles. The fourth-order valence-corrected chi connectivity index (χ4v) is 3.93. The third-order valence-electron chi connectivity index (χ3n) is 4.39. The van der Waals surface area contributed by atoms with Gasteiger partial charge in [-0.05, 0) is 74.6 Å². The fraction of sp³-hybridized carbons (Fsp3) is 0.385. The second kappa shape index (κ2) is 10.2. The van der Waals surface area contributed by atoms with Gasteiger partial charge in [-0.1, -0.05) is 43.4 Å². The predicted molar refractivity (Wildman–Crippen MR) is 132 cm³/mol. The van der Waals surface area contributed by atoms with Crippen LogP contribution in [-0.2, 0) is 12.8 Å². The summed E-state index contributed by atoms with van der Waals surface area (Å²) in [7, 11) is -1.39. The van der Waals surface area contributed by atoms with E-state index in [1.54, 1.807) is 0 Å². The largest absolute Gasteiger partial charge is 0.487 e. The minimum absolute atomic E-state index is 0.0277. The van der Waals surface area contributed by atoms with E-state index in [-0.39, 0.29) is 6.10 Å². The van der Waals surface area contributed by atoms with Crippen LogP contribution in [-0.4, -0.2) is 14.2 Å². The van der Waals surface area contributed by atoms with Crippen LogP contribution in [0.3, 0.4) is 0 Å². The van der Waals surface area contributed by atoms with Crippen LogP contribution in [0.2, 0.25) is 24.7 Å². The molecule has 0 aromatic heterocycles. The highest BCUT2D eigenvalue weighted by atomic mass is 35.5. The Kier molecular flexibility index (Phi) is 8.23. The Labute approximate surface area is 188 Å². The summed E-state index contributed by atoms with van der Waals surface area (Å²) in [5.41, 5.74) is 7.82. The summed E-state index contributed by atoms with van der Waals surface area (Å²) >= 11 is 6.50. The van der Waals surface area contributed by atoms with E-state index < -0.39 is 8.07 Å². The zero-order valence-corrected chi connectivity index (χ0v) is 21.0. The molecule has 2 nitrogen and oxygen atoms in total. The quantitative estimate of drug-likeness (QED) is 0.249. The maximum absolute atomic E-state index is 6.50. The molecule has 0 spiro atoms. The van der Waals surface area contributed by atoms with Crippen molar-refractivity contribution in [1.82, 2.24) is 0 Å². The first-order valence-corrected chi connectivity index (χ1v) is 14.3. The standard InChI is InChI=1S/C26H33ClO2Si/c1-9-11-22-17-24(23(27)15-19(22)4)29-26-20(5)14-21(12-10-13-30(6,7)8)16-25(26)28-18(2)3/h9,14-18H,1,11-12H2,2-8H3. The first kappa shape index (κ1) is 24.1. The van der Waals surface area contributed by atoms with E-state index in [4.69, 9.17) is 21.1 Å². The van der Waals surface area contributed by atoms with Crippen LogP contribution in [0.5, 0.6) is 17.2 Å². The van der Waals surface area contributed by atoms with E-state index in [1.807, 2.05) is 52.0 Å². The van der Waals surface area contributed by atoms with Gasteiger partial charge >= 0.3 is 0 Å². The van der Waals surface area contributed by atoms with Crippen LogP contribution < -0.4 is 9.47 Å². The van der Waals surface area contributed by atoms with Crippen LogP contribution >= 0.6 is 11.6 Å². The normalized spacial score (nSPS) is 11.1. The van der Waals surface area contributed by atoms with Crippen LogP contribution in [0.4, 0.5) is 0 Å². The topological polar surface area (TPSA) is 18.5 Å². The fourth-order valence-electron chi connectivity index (χ4n) is 3.06. The first-order chi connectivity index (χ1) is 14.0. The number of hydrogen-bond donors (Lipinski definition) is 0. The van der Waals surface area contributed by atoms with Gasteiger partial charge in [0.1, 0.15) is 13.8 Å². The van der Waals surface area contributed by atoms with Gasteiger partial charge in [-0.25, -0.2) is 0 Å². The lowest BCUT2D eigenvalue weighted by atomic mass is 10.0. The van der Waals surface area contributed by atoms with Crippen molar-refractivity contribution >= 4 is 19.7 Å². The summed E-state index contributed by atoms with van der Waals surface area (Å²) in [5.74, 6) is 5.38. The molecule has 0 radical (unpaired) electrons. The van der Waals surface area contributed by atoms with Crippen molar-refractivity contribution in [3.05, 3.63) is 64.2 Å². The molecule has 2 aromatic carbocycles. The lowest BCUT2D eigenvalue weighted by molar-refractivity contribution is 0.233. The zero-order valence-electron chi connectivity index (χ0n) is 19.3. The Morgan fingerprint density at radius 3 is 2.37 bits per heavy atom. The third kappa shape index (κ3) is 6.97. The molecule has 0 unspecified atom stereocenters. The maximum atomic E-state index is 6.50. The van der Waals surface area contributed by atoms with Crippen molar-refractivity contribution in [2.24, 2.45) is 0 Å². The summed E-state index contributed by atoms with van der Waals surface area (Å²) in [6, 6.07) is 8.09. The average molecular weight is 441 g/mol. The minimum Gasteiger partial charge on any atom is -0.487 e. The third-order valence-corrected chi connectivity index (χ3v) is 5.61. The predicted octanol–water partition coefficient (Wildman–Crippen LogP) is 7.69. The SMILES string of the molecule is C=CCc1cc(Oc2c(C)cc(CC#C[Si](C)(C)C)cc2OC(C)C)c(Cl)cc1C. The van der Waals surface area contributed by atoms with E-state index in [0.29, 0.717) is 22.9 Å². The van der Waals surface area contributed by atoms with Crippen molar-refractivity contribution in [2.45, 2.75) is 66.3 Å². The Morgan fingerprint density at radius 2 is 1.77 bits per heavy atom. The van der Waals surface area contributed by atoms with E-state index >= 15 is 0 Å². The van der Waals surface area contributed by atoms with E-state index in [9.17, 15) is 0 Å². The summed E-state index contributed by atoms with van der Waals surface area (Å²) in [6.45, 7) is 18.7. The van der Waals surface area contributed by atoms with Crippen molar-refractivity contribution in [1.29, 1.82) is 0 Å². The minimum atomic E-state index is -1.39. The summed E-state index contributed by atoms with van der Waals surface area (Å²) < 4.78 is 12.4. The van der Waals surface area contributed by atoms with Crippen molar-refractivity contribution in [3.63, 3.8) is 0 Å². The van der Waals surface area contributed by atoms with Crippen LogP contribution in [0, 0.1) is 25.3 Å². The van der Waals surface area contributed by atoms with E-state index in [1.165, 1.54) is 0 Å². The van der Waals surface area contributed by atoms with E-state index in [0.717, 1.165) is 34.4 Å². The lowest BCUT2D eigenvalue weighted by Gasteiger charge is -2.19. The Hall–Kier alpha value is -2.15. The Balaban J connectivity index is 2.45. The molecule has 0 heterocycles. The van der Waals surface area contributed by atoms with Crippen LogP contribution in [0.1, 0.15) is 36.1 Å². The van der Waals surface area contributed by atoms with Gasteiger partial charge in [0.25, 0.3) is 0 Å². The molecule has 2 aromatic rings. The molecule has 0 saturated heterocycles. The van der Waals surface area contributed by atoms with Gasteiger partial charge in [-0.15, -0.1) is 18.0 Å².